The smallest absolute Gasteiger partial charge is 0.124 e. The molecule has 2 aliphatic carbocycles. The number of fused-ring (bicyclic) bond motifs is 15. The molecule has 32 heavy (non-hydrogen) atoms. The molecule has 0 amide bonds. The summed E-state index contributed by atoms with van der Waals surface area (Å²) in [5.74, 6) is 1.97. The van der Waals surface area contributed by atoms with E-state index in [0.717, 1.165) is 0 Å². The number of benzene rings is 4. The van der Waals surface area contributed by atoms with E-state index in [1.807, 2.05) is 0 Å². The van der Waals surface area contributed by atoms with Crippen molar-refractivity contribution in [3.05, 3.63) is 143 Å². The van der Waals surface area contributed by atoms with Crippen LogP contribution in [0, 0.1) is 11.8 Å². The molecule has 0 unspecified atom stereocenters. The monoisotopic (exact) mass is 412 g/mol. The van der Waals surface area contributed by atoms with Crippen LogP contribution in [-0.4, -0.2) is 0 Å². The Morgan fingerprint density at radius 1 is 0.500 bits per heavy atom. The van der Waals surface area contributed by atoms with Crippen LogP contribution >= 0.6 is 0 Å². The van der Waals surface area contributed by atoms with Crippen LogP contribution in [0.2, 0.25) is 0 Å². The van der Waals surface area contributed by atoms with Gasteiger partial charge in [-0.15, -0.1) is 0 Å². The van der Waals surface area contributed by atoms with E-state index in [0.29, 0.717) is 23.7 Å². The number of hydrogen-bond acceptors (Lipinski definition) is 1. The molecule has 4 aliphatic rings. The minimum Gasteiger partial charge on any atom is -0.349 e. The van der Waals surface area contributed by atoms with Gasteiger partial charge in [0.1, 0.15) is 11.2 Å². The van der Waals surface area contributed by atoms with Crippen molar-refractivity contribution < 1.29 is 4.74 Å². The molecule has 4 aromatic carbocycles. The molecule has 6 atom stereocenters. The van der Waals surface area contributed by atoms with Crippen molar-refractivity contribution in [2.75, 3.05) is 0 Å². The summed E-state index contributed by atoms with van der Waals surface area (Å²) in [7, 11) is 0. The van der Waals surface area contributed by atoms with E-state index >= 15 is 0 Å². The fraction of sp³-hybridized carbons (Fsp3) is 0.226. The lowest BCUT2D eigenvalue weighted by Gasteiger charge is -2.43. The zero-order valence-electron chi connectivity index (χ0n) is 17.8. The Labute approximate surface area is 188 Å². The Bertz CT molecular complexity index is 1260. The molecular weight excluding hydrogens is 388 g/mol. The minimum absolute atomic E-state index is 0.398. The first kappa shape index (κ1) is 17.4. The van der Waals surface area contributed by atoms with Crippen molar-refractivity contribution in [1.29, 1.82) is 0 Å². The number of rotatable bonds is 2. The van der Waals surface area contributed by atoms with E-state index in [4.69, 9.17) is 4.74 Å². The SMILES string of the molecule is c1ccc([C@@]23O[C@@](c4ccccc4)(c4ccccc42)[C@@H]2[C@@H]3[C@@H]3C[C@@H]2c2ccccc23)cc1. The van der Waals surface area contributed by atoms with E-state index in [1.54, 1.807) is 11.1 Å². The molecule has 1 heteroatoms. The summed E-state index contributed by atoms with van der Waals surface area (Å²) in [6.07, 6.45) is 1.25. The van der Waals surface area contributed by atoms with Gasteiger partial charge in [0.2, 0.25) is 0 Å². The first-order valence-electron chi connectivity index (χ1n) is 11.9. The van der Waals surface area contributed by atoms with Crippen molar-refractivity contribution >= 4 is 0 Å². The van der Waals surface area contributed by atoms with Gasteiger partial charge in [0, 0.05) is 11.8 Å². The second-order valence-electron chi connectivity index (χ2n) is 9.98. The van der Waals surface area contributed by atoms with Crippen molar-refractivity contribution in [1.82, 2.24) is 0 Å². The maximum absolute atomic E-state index is 7.57. The van der Waals surface area contributed by atoms with Gasteiger partial charge in [-0.05, 0) is 51.6 Å². The van der Waals surface area contributed by atoms with Gasteiger partial charge < -0.3 is 4.74 Å². The van der Waals surface area contributed by atoms with E-state index < -0.39 is 11.2 Å². The van der Waals surface area contributed by atoms with Gasteiger partial charge in [-0.25, -0.2) is 0 Å². The molecule has 2 aliphatic heterocycles. The van der Waals surface area contributed by atoms with Crippen LogP contribution in [0.4, 0.5) is 0 Å². The molecule has 1 saturated carbocycles. The van der Waals surface area contributed by atoms with Crippen LogP contribution in [0.1, 0.15) is 51.6 Å². The van der Waals surface area contributed by atoms with Gasteiger partial charge in [0.15, 0.2) is 0 Å². The molecule has 4 aromatic rings. The summed E-state index contributed by atoms with van der Waals surface area (Å²) in [6.45, 7) is 0. The maximum Gasteiger partial charge on any atom is 0.124 e. The quantitative estimate of drug-likeness (QED) is 0.354. The molecule has 2 heterocycles. The fourth-order valence-corrected chi connectivity index (χ4v) is 8.14. The third-order valence-electron chi connectivity index (χ3n) is 8.95. The van der Waals surface area contributed by atoms with Crippen LogP contribution in [-0.2, 0) is 15.9 Å². The Hall–Kier alpha value is -3.16. The minimum atomic E-state index is -0.398. The van der Waals surface area contributed by atoms with Crippen LogP contribution in [0.25, 0.3) is 0 Å². The summed E-state index contributed by atoms with van der Waals surface area (Å²) < 4.78 is 7.57. The third kappa shape index (κ3) is 1.76. The van der Waals surface area contributed by atoms with Crippen molar-refractivity contribution in [3.8, 4) is 0 Å². The number of hydrogen-bond donors (Lipinski definition) is 0. The van der Waals surface area contributed by atoms with E-state index in [-0.39, 0.29) is 0 Å². The largest absolute Gasteiger partial charge is 0.349 e. The van der Waals surface area contributed by atoms with Crippen LogP contribution in [0.15, 0.2) is 109 Å². The van der Waals surface area contributed by atoms with Gasteiger partial charge in [0.05, 0.1) is 0 Å². The summed E-state index contributed by atoms with van der Waals surface area (Å²) in [5, 5.41) is 0. The predicted octanol–water partition coefficient (Wildman–Crippen LogP) is 6.73. The average Bonchev–Trinajstić information content (AvgIpc) is 3.60. The van der Waals surface area contributed by atoms with Crippen LogP contribution in [0.3, 0.4) is 0 Å². The molecule has 1 nitrogen and oxygen atoms in total. The normalized spacial score (nSPS) is 34.9. The van der Waals surface area contributed by atoms with Gasteiger partial charge in [-0.1, -0.05) is 109 Å². The lowest BCUT2D eigenvalue weighted by atomic mass is 9.55. The average molecular weight is 413 g/mol. The van der Waals surface area contributed by atoms with Crippen LogP contribution < -0.4 is 0 Å². The molecule has 0 spiro atoms. The van der Waals surface area contributed by atoms with Crippen molar-refractivity contribution in [2.45, 2.75) is 29.5 Å². The molecular formula is C31H24O. The lowest BCUT2D eigenvalue weighted by molar-refractivity contribution is -0.0641. The Balaban J connectivity index is 1.50. The maximum atomic E-state index is 7.57. The highest BCUT2D eigenvalue weighted by molar-refractivity contribution is 5.62. The molecule has 4 bridgehead atoms. The van der Waals surface area contributed by atoms with E-state index in [9.17, 15) is 0 Å². The second-order valence-corrected chi connectivity index (χ2v) is 9.98. The second kappa shape index (κ2) is 5.79. The molecule has 154 valence electrons. The van der Waals surface area contributed by atoms with Crippen molar-refractivity contribution in [2.24, 2.45) is 11.8 Å². The van der Waals surface area contributed by atoms with Crippen molar-refractivity contribution in [3.63, 3.8) is 0 Å². The highest BCUT2D eigenvalue weighted by Crippen LogP contribution is 2.79. The summed E-state index contributed by atoms with van der Waals surface area (Å²) in [5.41, 5.74) is 7.70. The predicted molar refractivity (Wildman–Crippen MR) is 125 cm³/mol. The summed E-state index contributed by atoms with van der Waals surface area (Å²) in [6, 6.07) is 40.4. The zero-order valence-corrected chi connectivity index (χ0v) is 17.8. The summed E-state index contributed by atoms with van der Waals surface area (Å²) >= 11 is 0. The van der Waals surface area contributed by atoms with Gasteiger partial charge in [-0.3, -0.25) is 0 Å². The zero-order chi connectivity index (χ0) is 20.9. The first-order valence-corrected chi connectivity index (χ1v) is 11.9. The van der Waals surface area contributed by atoms with Gasteiger partial charge in [-0.2, -0.15) is 0 Å². The molecule has 8 rings (SSSR count). The van der Waals surface area contributed by atoms with Crippen LogP contribution in [0.5, 0.6) is 0 Å². The Morgan fingerprint density at radius 3 is 1.38 bits per heavy atom. The summed E-state index contributed by atoms with van der Waals surface area (Å²) in [4.78, 5) is 0. The van der Waals surface area contributed by atoms with Gasteiger partial charge in [0.25, 0.3) is 0 Å². The lowest BCUT2D eigenvalue weighted by Crippen LogP contribution is -2.42. The molecule has 0 aromatic heterocycles. The third-order valence-corrected chi connectivity index (χ3v) is 8.95. The molecule has 1 saturated heterocycles. The molecule has 0 radical (unpaired) electrons. The Morgan fingerprint density at radius 2 is 0.906 bits per heavy atom. The molecule has 0 N–H and O–H groups in total. The van der Waals surface area contributed by atoms with E-state index in [1.165, 1.54) is 28.7 Å². The highest BCUT2D eigenvalue weighted by Gasteiger charge is 2.77. The number of ether oxygens (including phenoxy) is 1. The van der Waals surface area contributed by atoms with E-state index in [2.05, 4.69) is 109 Å². The highest BCUT2D eigenvalue weighted by atomic mass is 16.5. The Kier molecular flexibility index (Phi) is 3.15. The van der Waals surface area contributed by atoms with Gasteiger partial charge >= 0.3 is 0 Å². The first-order chi connectivity index (χ1) is 15.9. The standard InChI is InChI=1S/C31H24O/c1-3-11-20(12-4-1)30-26-17-9-10-18-27(26)31(32-30,21-13-5-2-6-14-21)29-25-19-24(28(29)30)22-15-7-8-16-23(22)25/h1-18,24-25,28-29H,19H2/t24-,25-,28+,29+,30-,31+/m1/s1. The fourth-order valence-electron chi connectivity index (χ4n) is 8.14. The topological polar surface area (TPSA) is 9.23 Å². The molecule has 2 fully saturated rings.